The molecule has 0 heterocycles. The van der Waals surface area contributed by atoms with Crippen LogP contribution in [-0.2, 0) is 28.6 Å². The Kier molecular flexibility index (Phi) is 11.0. The summed E-state index contributed by atoms with van der Waals surface area (Å²) in [5.41, 5.74) is 4.48. The molecule has 0 saturated carbocycles. The smallest absolute Gasteiger partial charge is 0.407 e. The molecular formula is C36H42N2O7. The van der Waals surface area contributed by atoms with E-state index in [1.165, 1.54) is 12.0 Å². The van der Waals surface area contributed by atoms with Gasteiger partial charge in [-0.25, -0.2) is 4.79 Å². The Hall–Kier alpha value is -4.66. The lowest BCUT2D eigenvalue weighted by Gasteiger charge is -2.33. The van der Waals surface area contributed by atoms with Crippen LogP contribution >= 0.6 is 0 Å². The molecule has 0 saturated heterocycles. The number of benzene rings is 3. The number of carbonyl (C=O) groups is 4. The zero-order chi connectivity index (χ0) is 32.6. The summed E-state index contributed by atoms with van der Waals surface area (Å²) in [5, 5.41) is 2.72. The summed E-state index contributed by atoms with van der Waals surface area (Å²) in [5.74, 6) is -1.57. The summed E-state index contributed by atoms with van der Waals surface area (Å²) in [6.45, 7) is 7.26. The van der Waals surface area contributed by atoms with Gasteiger partial charge in [0, 0.05) is 18.9 Å². The number of esters is 2. The van der Waals surface area contributed by atoms with Gasteiger partial charge >= 0.3 is 18.0 Å². The van der Waals surface area contributed by atoms with Crippen LogP contribution in [0, 0.1) is 0 Å². The third-order valence-electron chi connectivity index (χ3n) is 7.81. The fraction of sp³-hybridized carbons (Fsp3) is 0.389. The van der Waals surface area contributed by atoms with Crippen LogP contribution in [0.2, 0.25) is 0 Å². The molecule has 9 heteroatoms. The van der Waals surface area contributed by atoms with Crippen molar-refractivity contribution in [2.75, 3.05) is 20.3 Å². The van der Waals surface area contributed by atoms with Crippen molar-refractivity contribution in [3.05, 3.63) is 95.6 Å². The minimum absolute atomic E-state index is 0.0197. The molecule has 0 fully saturated rings. The topological polar surface area (TPSA) is 111 Å². The second kappa shape index (κ2) is 14.9. The number of hydrogen-bond acceptors (Lipinski definition) is 7. The highest BCUT2D eigenvalue weighted by molar-refractivity contribution is 5.87. The maximum absolute atomic E-state index is 14.1. The molecule has 0 radical (unpaired) electrons. The van der Waals surface area contributed by atoms with Gasteiger partial charge in [-0.15, -0.1) is 0 Å². The summed E-state index contributed by atoms with van der Waals surface area (Å²) in [6.07, 6.45) is -0.946. The lowest BCUT2D eigenvalue weighted by atomic mass is 9.98. The molecule has 3 aromatic rings. The number of amides is 2. The maximum Gasteiger partial charge on any atom is 0.407 e. The van der Waals surface area contributed by atoms with E-state index in [4.69, 9.17) is 14.2 Å². The fourth-order valence-electron chi connectivity index (χ4n) is 5.61. The van der Waals surface area contributed by atoms with Gasteiger partial charge in [0.15, 0.2) is 0 Å². The van der Waals surface area contributed by atoms with Crippen LogP contribution in [0.1, 0.15) is 75.6 Å². The van der Waals surface area contributed by atoms with Crippen LogP contribution in [0.5, 0.6) is 0 Å². The number of carbonyl (C=O) groups excluding carboxylic acids is 4. The van der Waals surface area contributed by atoms with Gasteiger partial charge in [0.25, 0.3) is 0 Å². The molecule has 45 heavy (non-hydrogen) atoms. The molecule has 1 aliphatic rings. The molecule has 3 aromatic carbocycles. The average molecular weight is 615 g/mol. The molecule has 1 aliphatic carbocycles. The van der Waals surface area contributed by atoms with Gasteiger partial charge < -0.3 is 24.4 Å². The van der Waals surface area contributed by atoms with E-state index in [1.807, 2.05) is 73.7 Å². The van der Waals surface area contributed by atoms with E-state index in [1.54, 1.807) is 20.8 Å². The van der Waals surface area contributed by atoms with E-state index >= 15 is 0 Å². The summed E-state index contributed by atoms with van der Waals surface area (Å²) in [4.78, 5) is 53.6. The second-order valence-electron chi connectivity index (χ2n) is 12.1. The lowest BCUT2D eigenvalue weighted by Crippen LogP contribution is -2.50. The minimum Gasteiger partial charge on any atom is -0.469 e. The molecule has 0 aromatic heterocycles. The summed E-state index contributed by atoms with van der Waals surface area (Å²) in [7, 11) is 1.29. The Balaban J connectivity index is 1.53. The van der Waals surface area contributed by atoms with Crippen molar-refractivity contribution < 1.29 is 33.4 Å². The third-order valence-corrected chi connectivity index (χ3v) is 7.81. The minimum atomic E-state index is -1.11. The maximum atomic E-state index is 14.1. The quantitative estimate of drug-likeness (QED) is 0.192. The molecule has 2 amide bonds. The fourth-order valence-corrected chi connectivity index (χ4v) is 5.61. The Labute approximate surface area is 264 Å². The molecule has 1 N–H and O–H groups in total. The van der Waals surface area contributed by atoms with E-state index in [0.29, 0.717) is 0 Å². The number of nitrogens with zero attached hydrogens (tertiary/aromatic N) is 1. The predicted molar refractivity (Wildman–Crippen MR) is 170 cm³/mol. The van der Waals surface area contributed by atoms with E-state index in [-0.39, 0.29) is 38.3 Å². The number of hydrogen-bond donors (Lipinski definition) is 1. The summed E-state index contributed by atoms with van der Waals surface area (Å²) >= 11 is 0. The zero-order valence-corrected chi connectivity index (χ0v) is 26.6. The van der Waals surface area contributed by atoms with Gasteiger partial charge in [-0.05, 0) is 61.9 Å². The van der Waals surface area contributed by atoms with Crippen LogP contribution in [0.4, 0.5) is 4.79 Å². The number of ether oxygens (including phenoxy) is 3. The molecule has 238 valence electrons. The average Bonchev–Trinajstić information content (AvgIpc) is 3.34. The number of alkyl carbamates (subject to hydrolysis) is 1. The van der Waals surface area contributed by atoms with Gasteiger partial charge in [0.05, 0.1) is 19.6 Å². The Morgan fingerprint density at radius 3 is 1.98 bits per heavy atom. The first-order chi connectivity index (χ1) is 21.5. The number of nitrogens with one attached hydrogen (secondary N) is 1. The van der Waals surface area contributed by atoms with Crippen LogP contribution in [0.25, 0.3) is 11.1 Å². The first kappa shape index (κ1) is 33.2. The molecule has 0 bridgehead atoms. The van der Waals surface area contributed by atoms with Gasteiger partial charge in [-0.2, -0.15) is 0 Å². The van der Waals surface area contributed by atoms with Crippen LogP contribution in [0.3, 0.4) is 0 Å². The van der Waals surface area contributed by atoms with Crippen LogP contribution < -0.4 is 5.32 Å². The summed E-state index contributed by atoms with van der Waals surface area (Å²) < 4.78 is 16.0. The van der Waals surface area contributed by atoms with Crippen LogP contribution in [-0.4, -0.2) is 60.7 Å². The van der Waals surface area contributed by atoms with E-state index < -0.39 is 41.6 Å². The highest BCUT2D eigenvalue weighted by Gasteiger charge is 2.33. The molecule has 0 unspecified atom stereocenters. The number of methoxy groups -OCH3 is 1. The van der Waals surface area contributed by atoms with Crippen molar-refractivity contribution in [2.45, 2.75) is 70.6 Å². The van der Waals surface area contributed by atoms with Gasteiger partial charge in [0.2, 0.25) is 5.91 Å². The first-order valence-corrected chi connectivity index (χ1v) is 15.2. The van der Waals surface area contributed by atoms with Crippen molar-refractivity contribution in [3.8, 4) is 11.1 Å². The Morgan fingerprint density at radius 1 is 0.822 bits per heavy atom. The van der Waals surface area contributed by atoms with E-state index in [9.17, 15) is 19.2 Å². The predicted octanol–water partition coefficient (Wildman–Crippen LogP) is 6.17. The summed E-state index contributed by atoms with van der Waals surface area (Å²) in [6, 6.07) is 23.9. The van der Waals surface area contributed by atoms with Crippen molar-refractivity contribution in [3.63, 3.8) is 0 Å². The molecule has 2 atom stereocenters. The highest BCUT2D eigenvalue weighted by Crippen LogP contribution is 2.44. The standard InChI is InChI=1S/C36H42N2O7/c1-24(25-13-7-6-8-14-25)38(22-21-32(39)43-5)34(41)31(19-20-33(40)45-36(2,3)4)37-35(42)44-23-30-28-17-11-9-15-26(28)27-16-10-12-18-29(27)30/h6-18,24,30-31H,19-23H2,1-5H3,(H,37,42)/t24-,31-/m0/s1. The number of fused-ring (bicyclic) bond motifs is 3. The molecule has 0 spiro atoms. The van der Waals surface area contributed by atoms with E-state index in [2.05, 4.69) is 17.4 Å². The number of rotatable bonds is 12. The molecule has 0 aliphatic heterocycles. The van der Waals surface area contributed by atoms with Gasteiger partial charge in [-0.3, -0.25) is 14.4 Å². The Bertz CT molecular complexity index is 1450. The second-order valence-corrected chi connectivity index (χ2v) is 12.1. The molecule has 9 nitrogen and oxygen atoms in total. The zero-order valence-electron chi connectivity index (χ0n) is 26.6. The van der Waals surface area contributed by atoms with Crippen molar-refractivity contribution in [1.82, 2.24) is 10.2 Å². The molecule has 4 rings (SSSR count). The normalized spacial score (nSPS) is 13.5. The third kappa shape index (κ3) is 8.71. The largest absolute Gasteiger partial charge is 0.469 e. The lowest BCUT2D eigenvalue weighted by molar-refractivity contribution is -0.155. The van der Waals surface area contributed by atoms with Crippen LogP contribution in [0.15, 0.2) is 78.9 Å². The first-order valence-electron chi connectivity index (χ1n) is 15.2. The highest BCUT2D eigenvalue weighted by atomic mass is 16.6. The monoisotopic (exact) mass is 614 g/mol. The molecular weight excluding hydrogens is 572 g/mol. The van der Waals surface area contributed by atoms with Crippen molar-refractivity contribution in [2.24, 2.45) is 0 Å². The van der Waals surface area contributed by atoms with Crippen molar-refractivity contribution in [1.29, 1.82) is 0 Å². The van der Waals surface area contributed by atoms with E-state index in [0.717, 1.165) is 27.8 Å². The Morgan fingerprint density at radius 2 is 1.40 bits per heavy atom. The SMILES string of the molecule is COC(=O)CCN(C(=O)[C@H](CCC(=O)OC(C)(C)C)NC(=O)OCC1c2ccccc2-c2ccccc21)[C@@H](C)c1ccccc1. The van der Waals surface area contributed by atoms with Crippen molar-refractivity contribution >= 4 is 23.9 Å². The van der Waals surface area contributed by atoms with Gasteiger partial charge in [0.1, 0.15) is 18.2 Å². The van der Waals surface area contributed by atoms with Gasteiger partial charge in [-0.1, -0.05) is 78.9 Å².